The minimum atomic E-state index is -1.06. The number of carbonyl (C=O) groups is 2. The maximum absolute atomic E-state index is 11.3. The molecular weight excluding hydrogens is 460 g/mol. The van der Waals surface area contributed by atoms with E-state index in [1.807, 2.05) is 0 Å². The van der Waals surface area contributed by atoms with Gasteiger partial charge in [-0.05, 0) is 59.7 Å². The van der Waals surface area contributed by atoms with Crippen LogP contribution in [0.15, 0.2) is 48.5 Å². The van der Waals surface area contributed by atoms with Crippen molar-refractivity contribution in [3.63, 3.8) is 0 Å². The molecule has 0 spiro atoms. The number of nitrogens with zero attached hydrogens (tertiary/aromatic N) is 4. The molecule has 0 saturated heterocycles. The molecule has 0 atom stereocenters. The van der Waals surface area contributed by atoms with Crippen LogP contribution in [0, 0.1) is 22.7 Å². The fraction of sp³-hybridized carbons (Fsp3) is 0.0769. The van der Waals surface area contributed by atoms with Crippen molar-refractivity contribution in [1.82, 2.24) is 9.13 Å². The number of aromatic carboxylic acids is 2. The highest BCUT2D eigenvalue weighted by Gasteiger charge is 2.33. The zero-order valence-corrected chi connectivity index (χ0v) is 18.7. The van der Waals surface area contributed by atoms with Crippen molar-refractivity contribution in [3.8, 4) is 23.5 Å². The van der Waals surface area contributed by atoms with Crippen molar-refractivity contribution in [2.24, 2.45) is 0 Å². The molecule has 0 radical (unpaired) electrons. The lowest BCUT2D eigenvalue weighted by molar-refractivity contribution is 0.0686. The van der Waals surface area contributed by atoms with E-state index in [0.29, 0.717) is 33.6 Å². The Morgan fingerprint density at radius 3 is 1.31 bits per heavy atom. The molecule has 0 unspecified atom stereocenters. The van der Waals surface area contributed by atoms with E-state index in [1.165, 1.54) is 24.3 Å². The van der Waals surface area contributed by atoms with E-state index in [1.54, 1.807) is 33.4 Å². The lowest BCUT2D eigenvalue weighted by Gasteiger charge is -2.20. The summed E-state index contributed by atoms with van der Waals surface area (Å²) in [7, 11) is 0. The Hall–Kier alpha value is -5.48. The maximum atomic E-state index is 11.3. The van der Waals surface area contributed by atoms with E-state index in [2.05, 4.69) is 12.1 Å². The Balaban J connectivity index is 1.69. The topological polar surface area (TPSA) is 184 Å². The Kier molecular flexibility index (Phi) is 5.01. The summed E-state index contributed by atoms with van der Waals surface area (Å²) in [5, 5.41) is 38.3. The Labute approximate surface area is 204 Å². The van der Waals surface area contributed by atoms with Crippen LogP contribution in [0.25, 0.3) is 11.4 Å². The van der Waals surface area contributed by atoms with Crippen LogP contribution in [0.5, 0.6) is 0 Å². The number of nitrogens with two attached hydrogens (primary N) is 2. The quantitative estimate of drug-likeness (QED) is 0.303. The lowest BCUT2D eigenvalue weighted by Crippen LogP contribution is -2.14. The minimum Gasteiger partial charge on any atom is -0.478 e. The number of nitriles is 2. The Morgan fingerprint density at radius 1 is 0.694 bits per heavy atom. The molecule has 2 heterocycles. The second kappa shape index (κ2) is 8.08. The average Bonchev–Trinajstić information content (AvgIpc) is 3.30. The van der Waals surface area contributed by atoms with Crippen molar-refractivity contribution in [3.05, 3.63) is 93.3 Å². The molecule has 4 aromatic rings. The molecular formula is C26H18N6O4. The van der Waals surface area contributed by atoms with Gasteiger partial charge in [0.05, 0.1) is 22.3 Å². The van der Waals surface area contributed by atoms with E-state index < -0.39 is 11.9 Å². The van der Waals surface area contributed by atoms with E-state index >= 15 is 0 Å². The average molecular weight is 478 g/mol. The van der Waals surface area contributed by atoms with Crippen molar-refractivity contribution < 1.29 is 19.8 Å². The molecule has 0 fully saturated rings. The molecule has 6 N–H and O–H groups in total. The molecule has 0 amide bonds. The SMILES string of the molecule is N#Cc1c2c(n(-c3ccc(C(=O)O)cc3)c1N)Cc1c(C#N)c(N)n(-c3ccc(C(=O)O)cc3)c1C2. The number of hydrogen-bond acceptors (Lipinski definition) is 6. The molecule has 36 heavy (non-hydrogen) atoms. The smallest absolute Gasteiger partial charge is 0.335 e. The molecule has 0 aliphatic heterocycles. The van der Waals surface area contributed by atoms with Gasteiger partial charge in [-0.3, -0.25) is 9.13 Å². The van der Waals surface area contributed by atoms with E-state index in [9.17, 15) is 30.3 Å². The summed E-state index contributed by atoms with van der Waals surface area (Å²) in [5.74, 6) is -1.67. The number of carboxylic acids is 2. The first-order chi connectivity index (χ1) is 17.3. The minimum absolute atomic E-state index is 0.117. The highest BCUT2D eigenvalue weighted by Crippen LogP contribution is 2.41. The van der Waals surface area contributed by atoms with Gasteiger partial charge in [-0.15, -0.1) is 0 Å². The number of nitrogen functional groups attached to an aromatic ring is 2. The van der Waals surface area contributed by atoms with Crippen LogP contribution in [-0.2, 0) is 12.8 Å². The highest BCUT2D eigenvalue weighted by molar-refractivity contribution is 5.88. The van der Waals surface area contributed by atoms with Crippen molar-refractivity contribution >= 4 is 23.6 Å². The van der Waals surface area contributed by atoms with Gasteiger partial charge in [-0.25, -0.2) is 9.59 Å². The van der Waals surface area contributed by atoms with Gasteiger partial charge in [0.15, 0.2) is 0 Å². The summed E-state index contributed by atoms with van der Waals surface area (Å²) in [6.45, 7) is 0. The number of fused-ring (bicyclic) bond motifs is 2. The third-order valence-electron chi connectivity index (χ3n) is 6.49. The van der Waals surface area contributed by atoms with Gasteiger partial charge in [-0.1, -0.05) is 0 Å². The van der Waals surface area contributed by atoms with Crippen LogP contribution in [-0.4, -0.2) is 31.3 Å². The van der Waals surface area contributed by atoms with Crippen molar-refractivity contribution in [2.75, 3.05) is 11.5 Å². The maximum Gasteiger partial charge on any atom is 0.335 e. The van der Waals surface area contributed by atoms with Gasteiger partial charge in [-0.2, -0.15) is 10.5 Å². The van der Waals surface area contributed by atoms with Gasteiger partial charge >= 0.3 is 11.9 Å². The molecule has 10 heteroatoms. The summed E-state index contributed by atoms with van der Waals surface area (Å²) < 4.78 is 3.41. The van der Waals surface area contributed by atoms with Gasteiger partial charge in [0.2, 0.25) is 0 Å². The summed E-state index contributed by atoms with van der Waals surface area (Å²) in [4.78, 5) is 22.5. The number of benzene rings is 2. The summed E-state index contributed by atoms with van der Waals surface area (Å²) in [6, 6.07) is 16.7. The Morgan fingerprint density at radius 2 is 1.03 bits per heavy atom. The number of anilines is 2. The van der Waals surface area contributed by atoms with Crippen LogP contribution in [0.3, 0.4) is 0 Å². The zero-order chi connectivity index (χ0) is 25.7. The first-order valence-corrected chi connectivity index (χ1v) is 10.8. The van der Waals surface area contributed by atoms with Crippen LogP contribution in [0.1, 0.15) is 54.4 Å². The Bertz CT molecular complexity index is 1540. The summed E-state index contributed by atoms with van der Waals surface area (Å²) >= 11 is 0. The first-order valence-electron chi connectivity index (χ1n) is 10.8. The molecule has 2 aromatic heterocycles. The number of aromatic nitrogens is 2. The van der Waals surface area contributed by atoms with Gasteiger partial charge < -0.3 is 21.7 Å². The number of rotatable bonds is 4. The van der Waals surface area contributed by atoms with E-state index in [0.717, 1.165) is 11.4 Å². The number of carboxylic acid groups (broad SMARTS) is 2. The molecule has 2 aromatic carbocycles. The monoisotopic (exact) mass is 478 g/mol. The fourth-order valence-corrected chi connectivity index (χ4v) is 4.81. The molecule has 0 saturated carbocycles. The fourth-order valence-electron chi connectivity index (χ4n) is 4.81. The third-order valence-corrected chi connectivity index (χ3v) is 6.49. The lowest BCUT2D eigenvalue weighted by atomic mass is 9.91. The molecule has 5 rings (SSSR count). The zero-order valence-electron chi connectivity index (χ0n) is 18.7. The molecule has 1 aliphatic carbocycles. The second-order valence-corrected chi connectivity index (χ2v) is 8.32. The first kappa shape index (κ1) is 22.3. The van der Waals surface area contributed by atoms with Crippen LogP contribution >= 0.6 is 0 Å². The molecule has 176 valence electrons. The predicted octanol–water partition coefficient (Wildman–Crippen LogP) is 3.07. The molecule has 0 bridgehead atoms. The molecule has 1 aliphatic rings. The predicted molar refractivity (Wildman–Crippen MR) is 129 cm³/mol. The van der Waals surface area contributed by atoms with Crippen molar-refractivity contribution in [1.29, 1.82) is 10.5 Å². The molecule has 10 nitrogen and oxygen atoms in total. The van der Waals surface area contributed by atoms with Crippen LogP contribution in [0.2, 0.25) is 0 Å². The van der Waals surface area contributed by atoms with Crippen LogP contribution < -0.4 is 11.5 Å². The van der Waals surface area contributed by atoms with Crippen LogP contribution in [0.4, 0.5) is 11.6 Å². The normalized spacial score (nSPS) is 11.7. The number of hydrogen-bond donors (Lipinski definition) is 4. The second-order valence-electron chi connectivity index (χ2n) is 8.32. The summed E-state index contributed by atoms with van der Waals surface area (Å²) in [6.07, 6.45) is 0.537. The summed E-state index contributed by atoms with van der Waals surface area (Å²) in [5.41, 5.74) is 17.6. The largest absolute Gasteiger partial charge is 0.478 e. The highest BCUT2D eigenvalue weighted by atomic mass is 16.4. The van der Waals surface area contributed by atoms with E-state index in [4.69, 9.17) is 11.5 Å². The van der Waals surface area contributed by atoms with Gasteiger partial charge in [0, 0.05) is 35.6 Å². The standard InChI is InChI=1S/C26H18N6O4/c27-11-19-17-10-22-18(9-21(17)31(23(19)29)15-5-1-13(2-6-15)25(33)34)20(12-28)24(30)32(22)16-7-3-14(4-8-16)26(35)36/h1-8H,9-10,29-30H2,(H,33,34)(H,35,36). The van der Waals surface area contributed by atoms with Gasteiger partial charge in [0.1, 0.15) is 23.8 Å². The third kappa shape index (κ3) is 3.17. The van der Waals surface area contributed by atoms with E-state index in [-0.39, 0.29) is 35.6 Å². The van der Waals surface area contributed by atoms with Gasteiger partial charge in [0.25, 0.3) is 0 Å². The van der Waals surface area contributed by atoms with Crippen molar-refractivity contribution in [2.45, 2.75) is 12.8 Å².